The topological polar surface area (TPSA) is 41.1 Å². The van der Waals surface area contributed by atoms with E-state index in [0.29, 0.717) is 12.0 Å². The van der Waals surface area contributed by atoms with Gasteiger partial charge in [0.1, 0.15) is 0 Å². The third-order valence-electron chi connectivity index (χ3n) is 2.64. The Labute approximate surface area is 96.8 Å². The zero-order valence-electron chi connectivity index (χ0n) is 9.88. The fourth-order valence-corrected chi connectivity index (χ4v) is 3.01. The first-order valence-electron chi connectivity index (χ1n) is 5.69. The van der Waals surface area contributed by atoms with Gasteiger partial charge in [0, 0.05) is 18.8 Å². The van der Waals surface area contributed by atoms with Gasteiger partial charge in [-0.15, -0.1) is 0 Å². The van der Waals surface area contributed by atoms with Gasteiger partial charge in [-0.05, 0) is 24.5 Å². The molecule has 0 aromatic heterocycles. The SMILES string of the molecule is CNC(=O)C(CC(C)C)NC1CCSC1. The van der Waals surface area contributed by atoms with Gasteiger partial charge in [0.2, 0.25) is 5.91 Å². The molecule has 0 aromatic rings. The van der Waals surface area contributed by atoms with Gasteiger partial charge in [0.15, 0.2) is 0 Å². The lowest BCUT2D eigenvalue weighted by Crippen LogP contribution is -2.48. The third-order valence-corrected chi connectivity index (χ3v) is 3.80. The van der Waals surface area contributed by atoms with Crippen LogP contribution in [0.4, 0.5) is 0 Å². The molecule has 1 rings (SSSR count). The number of likely N-dealkylation sites (N-methyl/N-ethyl adjacent to an activating group) is 1. The molecule has 1 amide bonds. The molecule has 0 spiro atoms. The van der Waals surface area contributed by atoms with Crippen LogP contribution in [-0.4, -0.2) is 36.5 Å². The van der Waals surface area contributed by atoms with Crippen LogP contribution in [0.15, 0.2) is 0 Å². The van der Waals surface area contributed by atoms with Crippen LogP contribution in [0.25, 0.3) is 0 Å². The minimum atomic E-state index is -0.0151. The third kappa shape index (κ3) is 4.43. The Morgan fingerprint density at radius 1 is 1.53 bits per heavy atom. The van der Waals surface area contributed by atoms with E-state index in [2.05, 4.69) is 24.5 Å². The summed E-state index contributed by atoms with van der Waals surface area (Å²) in [6, 6.07) is 0.509. The minimum absolute atomic E-state index is 0.0151. The predicted molar refractivity (Wildman–Crippen MR) is 66.2 cm³/mol. The standard InChI is InChI=1S/C11H22N2OS/c1-8(2)6-10(11(14)12-3)13-9-4-5-15-7-9/h8-10,13H,4-7H2,1-3H3,(H,12,14). The molecule has 1 aliphatic heterocycles. The van der Waals surface area contributed by atoms with Crippen molar-refractivity contribution in [3.8, 4) is 0 Å². The highest BCUT2D eigenvalue weighted by Gasteiger charge is 2.24. The molecule has 3 nitrogen and oxygen atoms in total. The second kappa shape index (κ2) is 6.38. The highest BCUT2D eigenvalue weighted by molar-refractivity contribution is 7.99. The number of hydrogen-bond acceptors (Lipinski definition) is 3. The number of carbonyl (C=O) groups is 1. The molecule has 0 aliphatic carbocycles. The maximum absolute atomic E-state index is 11.7. The largest absolute Gasteiger partial charge is 0.358 e. The molecule has 1 saturated heterocycles. The van der Waals surface area contributed by atoms with Gasteiger partial charge in [0.05, 0.1) is 6.04 Å². The summed E-state index contributed by atoms with van der Waals surface area (Å²) < 4.78 is 0. The van der Waals surface area contributed by atoms with E-state index in [4.69, 9.17) is 0 Å². The number of rotatable bonds is 5. The zero-order valence-corrected chi connectivity index (χ0v) is 10.7. The van der Waals surface area contributed by atoms with Crippen LogP contribution in [0, 0.1) is 5.92 Å². The molecule has 0 saturated carbocycles. The molecular weight excluding hydrogens is 208 g/mol. The van der Waals surface area contributed by atoms with Gasteiger partial charge < -0.3 is 10.6 Å². The van der Waals surface area contributed by atoms with Gasteiger partial charge in [-0.1, -0.05) is 13.8 Å². The Balaban J connectivity index is 2.43. The molecule has 2 unspecified atom stereocenters. The second-order valence-corrected chi connectivity index (χ2v) is 5.67. The molecule has 1 fully saturated rings. The van der Waals surface area contributed by atoms with Crippen molar-refractivity contribution < 1.29 is 4.79 Å². The van der Waals surface area contributed by atoms with Gasteiger partial charge in [-0.25, -0.2) is 0 Å². The smallest absolute Gasteiger partial charge is 0.236 e. The van der Waals surface area contributed by atoms with Crippen LogP contribution in [0.3, 0.4) is 0 Å². The summed E-state index contributed by atoms with van der Waals surface area (Å²) in [5, 5.41) is 6.20. The molecule has 1 heterocycles. The van der Waals surface area contributed by atoms with E-state index in [1.54, 1.807) is 7.05 Å². The summed E-state index contributed by atoms with van der Waals surface area (Å²) in [6.07, 6.45) is 2.11. The second-order valence-electron chi connectivity index (χ2n) is 4.52. The Bertz CT molecular complexity index is 203. The molecule has 1 aliphatic rings. The molecule has 2 N–H and O–H groups in total. The van der Waals surface area contributed by atoms with Crippen molar-refractivity contribution in [2.75, 3.05) is 18.6 Å². The average Bonchev–Trinajstić information content (AvgIpc) is 2.67. The average molecular weight is 230 g/mol. The molecule has 4 heteroatoms. The van der Waals surface area contributed by atoms with E-state index in [-0.39, 0.29) is 11.9 Å². The maximum Gasteiger partial charge on any atom is 0.236 e. The number of carbonyl (C=O) groups excluding carboxylic acids is 1. The zero-order chi connectivity index (χ0) is 11.3. The Morgan fingerprint density at radius 3 is 2.73 bits per heavy atom. The molecule has 2 atom stereocenters. The fraction of sp³-hybridized carbons (Fsp3) is 0.909. The van der Waals surface area contributed by atoms with Crippen LogP contribution in [0.2, 0.25) is 0 Å². The van der Waals surface area contributed by atoms with Crippen molar-refractivity contribution in [2.24, 2.45) is 5.92 Å². The van der Waals surface area contributed by atoms with Crippen LogP contribution < -0.4 is 10.6 Å². The fourth-order valence-electron chi connectivity index (χ4n) is 1.85. The number of amides is 1. The van der Waals surface area contributed by atoms with Crippen LogP contribution in [0.5, 0.6) is 0 Å². The number of nitrogens with one attached hydrogen (secondary N) is 2. The van der Waals surface area contributed by atoms with Crippen molar-refractivity contribution in [3.63, 3.8) is 0 Å². The molecular formula is C11H22N2OS. The van der Waals surface area contributed by atoms with E-state index in [0.717, 1.165) is 12.2 Å². The first-order chi connectivity index (χ1) is 7.13. The van der Waals surface area contributed by atoms with Crippen molar-refractivity contribution in [1.29, 1.82) is 0 Å². The molecule has 0 aromatic carbocycles. The van der Waals surface area contributed by atoms with Gasteiger partial charge in [0.25, 0.3) is 0 Å². The first kappa shape index (κ1) is 12.8. The summed E-state index contributed by atoms with van der Waals surface area (Å²) in [7, 11) is 1.71. The van der Waals surface area contributed by atoms with Crippen molar-refractivity contribution in [3.05, 3.63) is 0 Å². The van der Waals surface area contributed by atoms with Crippen molar-refractivity contribution in [1.82, 2.24) is 10.6 Å². The molecule has 0 bridgehead atoms. The normalized spacial score (nSPS) is 23.1. The lowest BCUT2D eigenvalue weighted by molar-refractivity contribution is -0.123. The quantitative estimate of drug-likeness (QED) is 0.747. The van der Waals surface area contributed by atoms with Gasteiger partial charge >= 0.3 is 0 Å². The Hall–Kier alpha value is -0.220. The molecule has 0 radical (unpaired) electrons. The Kier molecular flexibility index (Phi) is 5.47. The minimum Gasteiger partial charge on any atom is -0.358 e. The summed E-state index contributed by atoms with van der Waals surface area (Å²) >= 11 is 1.97. The van der Waals surface area contributed by atoms with Crippen LogP contribution >= 0.6 is 11.8 Å². The summed E-state index contributed by atoms with van der Waals surface area (Å²) in [5.41, 5.74) is 0. The Morgan fingerprint density at radius 2 is 2.27 bits per heavy atom. The summed E-state index contributed by atoms with van der Waals surface area (Å²) in [5.74, 6) is 3.04. The summed E-state index contributed by atoms with van der Waals surface area (Å²) in [4.78, 5) is 11.7. The lowest BCUT2D eigenvalue weighted by atomic mass is 10.0. The van der Waals surface area contributed by atoms with Crippen LogP contribution in [0.1, 0.15) is 26.7 Å². The lowest BCUT2D eigenvalue weighted by Gasteiger charge is -2.22. The summed E-state index contributed by atoms with van der Waals surface area (Å²) in [6.45, 7) is 4.31. The maximum atomic E-state index is 11.7. The predicted octanol–water partition coefficient (Wildman–Crippen LogP) is 1.24. The van der Waals surface area contributed by atoms with Crippen molar-refractivity contribution >= 4 is 17.7 Å². The van der Waals surface area contributed by atoms with E-state index < -0.39 is 0 Å². The highest BCUT2D eigenvalue weighted by Crippen LogP contribution is 2.18. The number of thioether (sulfide) groups is 1. The highest BCUT2D eigenvalue weighted by atomic mass is 32.2. The van der Waals surface area contributed by atoms with E-state index >= 15 is 0 Å². The van der Waals surface area contributed by atoms with Crippen molar-refractivity contribution in [2.45, 2.75) is 38.8 Å². The number of hydrogen-bond donors (Lipinski definition) is 2. The van der Waals surface area contributed by atoms with Gasteiger partial charge in [-0.2, -0.15) is 11.8 Å². The van der Waals surface area contributed by atoms with E-state index in [9.17, 15) is 4.79 Å². The molecule has 88 valence electrons. The first-order valence-corrected chi connectivity index (χ1v) is 6.84. The monoisotopic (exact) mass is 230 g/mol. The van der Waals surface area contributed by atoms with E-state index in [1.807, 2.05) is 11.8 Å². The molecule has 15 heavy (non-hydrogen) atoms. The van der Waals surface area contributed by atoms with Crippen LogP contribution in [-0.2, 0) is 4.79 Å². The van der Waals surface area contributed by atoms with Gasteiger partial charge in [-0.3, -0.25) is 4.79 Å². The van der Waals surface area contributed by atoms with E-state index in [1.165, 1.54) is 12.2 Å².